The third kappa shape index (κ3) is 2.17. The van der Waals surface area contributed by atoms with E-state index < -0.39 is 5.97 Å². The van der Waals surface area contributed by atoms with Crippen LogP contribution in [0.3, 0.4) is 0 Å². The van der Waals surface area contributed by atoms with Gasteiger partial charge in [0.05, 0.1) is 10.9 Å². The van der Waals surface area contributed by atoms with Gasteiger partial charge in [-0.1, -0.05) is 0 Å². The van der Waals surface area contributed by atoms with E-state index in [2.05, 4.69) is 0 Å². The molecule has 0 radical (unpaired) electrons. The number of aliphatic carboxylic acids is 1. The summed E-state index contributed by atoms with van der Waals surface area (Å²) in [6.45, 7) is 0. The van der Waals surface area contributed by atoms with Crippen molar-refractivity contribution >= 4 is 23.0 Å². The largest absolute Gasteiger partial charge is 0.508 e. The molecule has 1 aromatic carbocycles. The van der Waals surface area contributed by atoms with Crippen molar-refractivity contribution in [2.24, 2.45) is 0 Å². The highest BCUT2D eigenvalue weighted by atomic mass is 16.4. The van der Waals surface area contributed by atoms with Gasteiger partial charge < -0.3 is 14.6 Å². The van der Waals surface area contributed by atoms with Crippen LogP contribution in [0.4, 0.5) is 0 Å². The molecule has 5 nitrogen and oxygen atoms in total. The summed E-state index contributed by atoms with van der Waals surface area (Å²) in [5.41, 5.74) is 0.0526. The summed E-state index contributed by atoms with van der Waals surface area (Å²) >= 11 is 0. The maximum Gasteiger partial charge on any atom is 0.328 e. The molecule has 2 N–H and O–H groups in total. The molecule has 2 rings (SSSR count). The number of phenols is 1. The van der Waals surface area contributed by atoms with Gasteiger partial charge in [-0.3, -0.25) is 4.79 Å². The van der Waals surface area contributed by atoms with Crippen molar-refractivity contribution in [2.45, 2.75) is 0 Å². The molecular weight excluding hydrogens is 224 g/mol. The van der Waals surface area contributed by atoms with E-state index in [1.807, 2.05) is 0 Å². The summed E-state index contributed by atoms with van der Waals surface area (Å²) in [5, 5.41) is 18.0. The second kappa shape index (κ2) is 4.13. The number of benzene rings is 1. The second-order valence-corrected chi connectivity index (χ2v) is 3.37. The van der Waals surface area contributed by atoms with E-state index in [1.54, 1.807) is 0 Å². The molecular formula is C12H8O5. The smallest absolute Gasteiger partial charge is 0.328 e. The van der Waals surface area contributed by atoms with E-state index in [-0.39, 0.29) is 27.7 Å². The zero-order valence-electron chi connectivity index (χ0n) is 8.58. The monoisotopic (exact) mass is 232 g/mol. The van der Waals surface area contributed by atoms with Gasteiger partial charge in [0.2, 0.25) is 0 Å². The van der Waals surface area contributed by atoms with E-state index in [1.165, 1.54) is 24.3 Å². The number of hydrogen-bond donors (Lipinski definition) is 2. The Kier molecular flexibility index (Phi) is 2.66. The van der Waals surface area contributed by atoms with Gasteiger partial charge in [-0.05, 0) is 18.2 Å². The molecule has 0 aliphatic heterocycles. The van der Waals surface area contributed by atoms with Crippen molar-refractivity contribution in [3.8, 4) is 5.75 Å². The molecule has 0 saturated heterocycles. The van der Waals surface area contributed by atoms with Crippen LogP contribution in [0.25, 0.3) is 17.0 Å². The third-order valence-corrected chi connectivity index (χ3v) is 2.19. The third-order valence-electron chi connectivity index (χ3n) is 2.19. The fourth-order valence-electron chi connectivity index (χ4n) is 1.41. The number of carboxylic acids is 1. The zero-order valence-corrected chi connectivity index (χ0v) is 8.58. The normalized spacial score (nSPS) is 11.1. The summed E-state index contributed by atoms with van der Waals surface area (Å²) in [5.74, 6) is -1.15. The van der Waals surface area contributed by atoms with E-state index in [0.29, 0.717) is 0 Å². The maximum absolute atomic E-state index is 11.9. The SMILES string of the molecule is O=C(O)C=Cc1coc2cc(O)ccc2c1=O. The van der Waals surface area contributed by atoms with Crippen LogP contribution in [0.1, 0.15) is 5.56 Å². The van der Waals surface area contributed by atoms with Crippen molar-refractivity contribution < 1.29 is 19.4 Å². The molecule has 0 spiro atoms. The minimum atomic E-state index is -1.14. The highest BCUT2D eigenvalue weighted by molar-refractivity contribution is 5.86. The highest BCUT2D eigenvalue weighted by Gasteiger charge is 2.05. The molecule has 86 valence electrons. The Bertz CT molecular complexity index is 666. The number of phenolic OH excluding ortho intramolecular Hbond substituents is 1. The Balaban J connectivity index is 2.62. The standard InChI is InChI=1S/C12H8O5/c13-8-2-3-9-10(5-8)17-6-7(12(9)16)1-4-11(14)15/h1-6,13H,(H,14,15). The molecule has 17 heavy (non-hydrogen) atoms. The Morgan fingerprint density at radius 2 is 2.12 bits per heavy atom. The lowest BCUT2D eigenvalue weighted by atomic mass is 10.1. The van der Waals surface area contributed by atoms with E-state index in [4.69, 9.17) is 9.52 Å². The molecule has 0 aliphatic rings. The van der Waals surface area contributed by atoms with Crippen molar-refractivity contribution in [3.05, 3.63) is 46.3 Å². The van der Waals surface area contributed by atoms with Gasteiger partial charge in [-0.2, -0.15) is 0 Å². The molecule has 2 aromatic rings. The van der Waals surface area contributed by atoms with Gasteiger partial charge in [-0.25, -0.2) is 4.79 Å². The lowest BCUT2D eigenvalue weighted by Gasteiger charge is -1.98. The molecule has 5 heteroatoms. The Morgan fingerprint density at radius 1 is 1.35 bits per heavy atom. The number of aromatic hydroxyl groups is 1. The molecule has 0 unspecified atom stereocenters. The average Bonchev–Trinajstić information content (AvgIpc) is 2.27. The lowest BCUT2D eigenvalue weighted by molar-refractivity contribution is -0.131. The first-order chi connectivity index (χ1) is 8.08. The van der Waals surface area contributed by atoms with Gasteiger partial charge in [0, 0.05) is 12.1 Å². The van der Waals surface area contributed by atoms with Gasteiger partial charge in [0.25, 0.3) is 0 Å². The summed E-state index contributed by atoms with van der Waals surface area (Å²) < 4.78 is 5.13. The Hall–Kier alpha value is -2.56. The van der Waals surface area contributed by atoms with E-state index >= 15 is 0 Å². The summed E-state index contributed by atoms with van der Waals surface area (Å²) in [6.07, 6.45) is 3.18. The summed E-state index contributed by atoms with van der Waals surface area (Å²) in [6, 6.07) is 4.11. The predicted octanol–water partition coefficient (Wildman–Crippen LogP) is 1.60. The topological polar surface area (TPSA) is 87.7 Å². The number of carbonyl (C=O) groups is 1. The quantitative estimate of drug-likeness (QED) is 0.768. The first kappa shape index (κ1) is 10.9. The van der Waals surface area contributed by atoms with Crippen LogP contribution in [-0.4, -0.2) is 16.2 Å². The highest BCUT2D eigenvalue weighted by Crippen LogP contribution is 2.17. The first-order valence-electron chi connectivity index (χ1n) is 4.73. The molecule has 0 atom stereocenters. The maximum atomic E-state index is 11.9. The van der Waals surface area contributed by atoms with Crippen LogP contribution in [0, 0.1) is 0 Å². The van der Waals surface area contributed by atoms with E-state index in [0.717, 1.165) is 12.3 Å². The Morgan fingerprint density at radius 3 is 2.82 bits per heavy atom. The fraction of sp³-hybridized carbons (Fsp3) is 0. The van der Waals surface area contributed by atoms with Crippen molar-refractivity contribution in [1.29, 1.82) is 0 Å². The summed E-state index contributed by atoms with van der Waals surface area (Å²) in [7, 11) is 0. The molecule has 1 heterocycles. The van der Waals surface area contributed by atoms with Gasteiger partial charge >= 0.3 is 5.97 Å². The minimum absolute atomic E-state index is 0.00511. The number of fused-ring (bicyclic) bond motifs is 1. The van der Waals surface area contributed by atoms with Crippen molar-refractivity contribution in [1.82, 2.24) is 0 Å². The lowest BCUT2D eigenvalue weighted by Crippen LogP contribution is -2.04. The molecule has 0 aliphatic carbocycles. The molecule has 0 bridgehead atoms. The fourth-order valence-corrected chi connectivity index (χ4v) is 1.41. The van der Waals surface area contributed by atoms with Crippen LogP contribution in [0.5, 0.6) is 5.75 Å². The van der Waals surface area contributed by atoms with Crippen molar-refractivity contribution in [3.63, 3.8) is 0 Å². The van der Waals surface area contributed by atoms with Gasteiger partial charge in [0.1, 0.15) is 17.6 Å². The number of carboxylic acid groups (broad SMARTS) is 1. The van der Waals surface area contributed by atoms with Crippen LogP contribution < -0.4 is 5.43 Å². The van der Waals surface area contributed by atoms with Crippen LogP contribution in [0.15, 0.2) is 39.7 Å². The van der Waals surface area contributed by atoms with Crippen LogP contribution in [-0.2, 0) is 4.79 Å². The number of hydrogen-bond acceptors (Lipinski definition) is 4. The molecule has 1 aromatic heterocycles. The van der Waals surface area contributed by atoms with Crippen LogP contribution in [0.2, 0.25) is 0 Å². The molecule has 0 saturated carbocycles. The number of rotatable bonds is 2. The second-order valence-electron chi connectivity index (χ2n) is 3.37. The van der Waals surface area contributed by atoms with Crippen LogP contribution >= 0.6 is 0 Å². The Labute approximate surface area is 95.2 Å². The summed E-state index contributed by atoms with van der Waals surface area (Å²) in [4.78, 5) is 22.2. The van der Waals surface area contributed by atoms with Gasteiger partial charge in [0.15, 0.2) is 5.43 Å². The molecule has 0 amide bonds. The average molecular weight is 232 g/mol. The van der Waals surface area contributed by atoms with E-state index in [9.17, 15) is 14.7 Å². The predicted molar refractivity (Wildman–Crippen MR) is 60.8 cm³/mol. The zero-order chi connectivity index (χ0) is 12.4. The molecule has 0 fully saturated rings. The van der Waals surface area contributed by atoms with Crippen molar-refractivity contribution in [2.75, 3.05) is 0 Å². The minimum Gasteiger partial charge on any atom is -0.508 e. The first-order valence-corrected chi connectivity index (χ1v) is 4.73. The van der Waals surface area contributed by atoms with Gasteiger partial charge in [-0.15, -0.1) is 0 Å².